The van der Waals surface area contributed by atoms with E-state index < -0.39 is 0 Å². The van der Waals surface area contributed by atoms with E-state index in [1.54, 1.807) is 6.21 Å². The molecule has 2 heterocycles. The maximum absolute atomic E-state index is 12.5. The minimum Gasteiger partial charge on any atom is -0.347 e. The Kier molecular flexibility index (Phi) is 4.26. The second-order valence-corrected chi connectivity index (χ2v) is 7.45. The lowest BCUT2D eigenvalue weighted by atomic mass is 10.1. The first-order chi connectivity index (χ1) is 12.6. The van der Waals surface area contributed by atoms with Crippen LogP contribution in [-0.4, -0.2) is 16.7 Å². The third-order valence-electron chi connectivity index (χ3n) is 4.55. The van der Waals surface area contributed by atoms with Crippen LogP contribution in [0.1, 0.15) is 20.9 Å². The molecule has 0 spiro atoms. The molecule has 1 amide bonds. The van der Waals surface area contributed by atoms with Gasteiger partial charge >= 0.3 is 0 Å². The zero-order valence-electron chi connectivity index (χ0n) is 14.3. The number of aryl methyl sites for hydroxylation is 1. The molecule has 130 valence electrons. The maximum Gasteiger partial charge on any atom is 0.283 e. The average Bonchev–Trinajstić information content (AvgIpc) is 3.12. The first-order valence-electron chi connectivity index (χ1n) is 8.12. The number of aromatic nitrogens is 1. The highest BCUT2D eigenvalue weighted by atomic mass is 35.5. The van der Waals surface area contributed by atoms with E-state index in [1.165, 1.54) is 11.3 Å². The molecule has 0 bridgehead atoms. The van der Waals surface area contributed by atoms with E-state index >= 15 is 0 Å². The number of benzene rings is 2. The molecule has 0 atom stereocenters. The number of thiophene rings is 1. The van der Waals surface area contributed by atoms with Gasteiger partial charge in [0.05, 0.1) is 11.2 Å². The summed E-state index contributed by atoms with van der Waals surface area (Å²) in [5.41, 5.74) is 5.81. The van der Waals surface area contributed by atoms with Crippen molar-refractivity contribution in [1.29, 1.82) is 0 Å². The average molecular weight is 382 g/mol. The fourth-order valence-corrected chi connectivity index (χ4v) is 4.49. The smallest absolute Gasteiger partial charge is 0.283 e. The Bertz CT molecular complexity index is 1170. The molecule has 1 N–H and O–H groups in total. The Morgan fingerprint density at radius 1 is 1.15 bits per heavy atom. The molecule has 0 aliphatic carbocycles. The molecule has 2 aromatic carbocycles. The van der Waals surface area contributed by atoms with Gasteiger partial charge in [0.2, 0.25) is 0 Å². The molecule has 4 nitrogen and oxygen atoms in total. The maximum atomic E-state index is 12.5. The lowest BCUT2D eigenvalue weighted by Gasteiger charge is -1.99. The zero-order valence-corrected chi connectivity index (χ0v) is 15.9. The van der Waals surface area contributed by atoms with Crippen LogP contribution in [0, 0.1) is 6.92 Å². The number of carbonyl (C=O) groups is 1. The number of fused-ring (bicyclic) bond motifs is 2. The number of rotatable bonds is 3. The number of hydrogen-bond acceptors (Lipinski definition) is 3. The molecule has 0 aliphatic heterocycles. The van der Waals surface area contributed by atoms with Crippen LogP contribution in [0.4, 0.5) is 0 Å². The van der Waals surface area contributed by atoms with E-state index in [0.717, 1.165) is 32.2 Å². The zero-order chi connectivity index (χ0) is 18.3. The van der Waals surface area contributed by atoms with Gasteiger partial charge < -0.3 is 4.57 Å². The molecular formula is C20H16ClN3OS. The number of nitrogens with one attached hydrogen (secondary N) is 1. The Morgan fingerprint density at radius 3 is 2.62 bits per heavy atom. The monoisotopic (exact) mass is 381 g/mol. The van der Waals surface area contributed by atoms with Crippen molar-refractivity contribution in [3.05, 3.63) is 69.7 Å². The van der Waals surface area contributed by atoms with Gasteiger partial charge in [0.15, 0.2) is 0 Å². The van der Waals surface area contributed by atoms with Crippen LogP contribution >= 0.6 is 22.9 Å². The van der Waals surface area contributed by atoms with Crippen molar-refractivity contribution in [3.8, 4) is 0 Å². The molecule has 26 heavy (non-hydrogen) atoms. The summed E-state index contributed by atoms with van der Waals surface area (Å²) in [5, 5.41) is 6.62. The Balaban J connectivity index is 1.62. The van der Waals surface area contributed by atoms with Crippen LogP contribution < -0.4 is 5.43 Å². The lowest BCUT2D eigenvalue weighted by Crippen LogP contribution is -2.16. The first-order valence-corrected chi connectivity index (χ1v) is 9.32. The van der Waals surface area contributed by atoms with Crippen molar-refractivity contribution in [3.63, 3.8) is 0 Å². The molecule has 0 radical (unpaired) electrons. The highest BCUT2D eigenvalue weighted by molar-refractivity contribution is 7.21. The van der Waals surface area contributed by atoms with Crippen LogP contribution in [0.3, 0.4) is 0 Å². The molecule has 6 heteroatoms. The third-order valence-corrected chi connectivity index (χ3v) is 6.22. The summed E-state index contributed by atoms with van der Waals surface area (Å²) in [6, 6.07) is 15.8. The van der Waals surface area contributed by atoms with Gasteiger partial charge in [0, 0.05) is 39.3 Å². The Hall–Kier alpha value is -2.63. The lowest BCUT2D eigenvalue weighted by molar-refractivity contribution is 0.0959. The number of nitrogens with zero attached hydrogens (tertiary/aromatic N) is 2. The van der Waals surface area contributed by atoms with Gasteiger partial charge in [-0.25, -0.2) is 5.43 Å². The van der Waals surface area contributed by atoms with Crippen molar-refractivity contribution in [2.45, 2.75) is 6.92 Å². The van der Waals surface area contributed by atoms with Crippen LogP contribution in [-0.2, 0) is 7.05 Å². The topological polar surface area (TPSA) is 46.4 Å². The summed E-state index contributed by atoms with van der Waals surface area (Å²) in [5.74, 6) is -0.301. The van der Waals surface area contributed by atoms with E-state index in [-0.39, 0.29) is 5.91 Å². The van der Waals surface area contributed by atoms with Crippen molar-refractivity contribution < 1.29 is 4.79 Å². The number of hydrogen-bond donors (Lipinski definition) is 1. The molecule has 0 fully saturated rings. The largest absolute Gasteiger partial charge is 0.347 e. The summed E-state index contributed by atoms with van der Waals surface area (Å²) in [4.78, 5) is 12.9. The number of carbonyl (C=O) groups excluding carboxylic acids is 1. The highest BCUT2D eigenvalue weighted by Crippen LogP contribution is 2.35. The predicted octanol–water partition coefficient (Wildman–Crippen LogP) is 5.12. The van der Waals surface area contributed by atoms with Crippen LogP contribution in [0.15, 0.2) is 53.6 Å². The van der Waals surface area contributed by atoms with Crippen molar-refractivity contribution >= 4 is 56.0 Å². The van der Waals surface area contributed by atoms with Crippen molar-refractivity contribution in [2.24, 2.45) is 12.1 Å². The second kappa shape index (κ2) is 6.59. The fourth-order valence-electron chi connectivity index (χ4n) is 3.08. The minimum atomic E-state index is -0.301. The SMILES string of the molecule is Cc1c(/C=N\NC(=O)c2sc3ccccc3c2Cl)c2ccccc2n1C. The van der Waals surface area contributed by atoms with Gasteiger partial charge in [-0.1, -0.05) is 48.0 Å². The molecular weight excluding hydrogens is 366 g/mol. The van der Waals surface area contributed by atoms with Gasteiger partial charge in [-0.15, -0.1) is 11.3 Å². The minimum absolute atomic E-state index is 0.301. The molecule has 4 rings (SSSR count). The van der Waals surface area contributed by atoms with E-state index in [0.29, 0.717) is 9.90 Å². The number of hydrazone groups is 1. The Morgan fingerprint density at radius 2 is 1.85 bits per heavy atom. The van der Waals surface area contributed by atoms with Gasteiger partial charge in [-0.2, -0.15) is 5.10 Å². The standard InChI is InChI=1S/C20H16ClN3OS/c1-12-15(13-7-3-5-9-16(13)24(12)2)11-22-23-20(25)19-18(21)14-8-4-6-10-17(14)26-19/h3-11H,1-2H3,(H,23,25)/b22-11-. The number of amides is 1. The second-order valence-electron chi connectivity index (χ2n) is 6.02. The quantitative estimate of drug-likeness (QED) is 0.388. The summed E-state index contributed by atoms with van der Waals surface area (Å²) in [7, 11) is 2.02. The Labute approximate surface area is 159 Å². The molecule has 0 saturated heterocycles. The van der Waals surface area contributed by atoms with Crippen molar-refractivity contribution in [2.75, 3.05) is 0 Å². The van der Waals surface area contributed by atoms with Crippen molar-refractivity contribution in [1.82, 2.24) is 9.99 Å². The normalized spacial score (nSPS) is 11.7. The first kappa shape index (κ1) is 16.8. The molecule has 0 unspecified atom stereocenters. The summed E-state index contributed by atoms with van der Waals surface area (Å²) in [6.07, 6.45) is 1.69. The van der Waals surface area contributed by atoms with Gasteiger partial charge in [-0.05, 0) is 19.1 Å². The number of halogens is 1. The van der Waals surface area contributed by atoms with Gasteiger partial charge in [-0.3, -0.25) is 4.79 Å². The van der Waals surface area contributed by atoms with E-state index in [1.807, 2.05) is 56.4 Å². The van der Waals surface area contributed by atoms with Gasteiger partial charge in [0.25, 0.3) is 5.91 Å². The van der Waals surface area contributed by atoms with Crippen LogP contribution in [0.2, 0.25) is 5.02 Å². The fraction of sp³-hybridized carbons (Fsp3) is 0.100. The summed E-state index contributed by atoms with van der Waals surface area (Å²) in [6.45, 7) is 2.03. The molecule has 0 aliphatic rings. The summed E-state index contributed by atoms with van der Waals surface area (Å²) >= 11 is 7.72. The summed E-state index contributed by atoms with van der Waals surface area (Å²) < 4.78 is 3.10. The van der Waals surface area contributed by atoms with E-state index in [2.05, 4.69) is 21.2 Å². The van der Waals surface area contributed by atoms with E-state index in [4.69, 9.17) is 11.6 Å². The highest BCUT2D eigenvalue weighted by Gasteiger charge is 2.16. The predicted molar refractivity (Wildman–Crippen MR) is 110 cm³/mol. The molecule has 4 aromatic rings. The number of para-hydroxylation sites is 1. The van der Waals surface area contributed by atoms with Crippen LogP contribution in [0.25, 0.3) is 21.0 Å². The van der Waals surface area contributed by atoms with Gasteiger partial charge in [0.1, 0.15) is 4.88 Å². The molecule has 2 aromatic heterocycles. The van der Waals surface area contributed by atoms with E-state index in [9.17, 15) is 4.79 Å². The molecule has 0 saturated carbocycles. The van der Waals surface area contributed by atoms with Crippen LogP contribution in [0.5, 0.6) is 0 Å². The third kappa shape index (κ3) is 2.69.